The van der Waals surface area contributed by atoms with Crippen molar-refractivity contribution in [2.24, 2.45) is 0 Å². The number of halogens is 1. The van der Waals surface area contributed by atoms with E-state index in [4.69, 9.17) is 4.74 Å². The van der Waals surface area contributed by atoms with E-state index in [-0.39, 0.29) is 21.8 Å². The molecule has 0 aliphatic carbocycles. The van der Waals surface area contributed by atoms with E-state index in [1.807, 2.05) is 0 Å². The fraction of sp³-hybridized carbons (Fsp3) is 0.154. The topological polar surface area (TPSA) is 85.5 Å². The highest BCUT2D eigenvalue weighted by Gasteiger charge is 2.16. The van der Waals surface area contributed by atoms with E-state index in [0.29, 0.717) is 5.56 Å². The maximum atomic E-state index is 10.8. The van der Waals surface area contributed by atoms with Gasteiger partial charge in [-0.3, -0.25) is 10.1 Å². The molecule has 7 heteroatoms. The van der Waals surface area contributed by atoms with E-state index < -0.39 is 11.0 Å². The molecule has 0 saturated heterocycles. The van der Waals surface area contributed by atoms with Crippen LogP contribution in [0.3, 0.4) is 0 Å². The third-order valence-electron chi connectivity index (χ3n) is 2.60. The lowest BCUT2D eigenvalue weighted by Crippen LogP contribution is -1.96. The molecule has 1 atom stereocenters. The van der Waals surface area contributed by atoms with Gasteiger partial charge >= 0.3 is 0 Å². The van der Waals surface area contributed by atoms with Crippen LogP contribution in [0.5, 0.6) is 11.6 Å². The lowest BCUT2D eigenvalue weighted by molar-refractivity contribution is -0.385. The molecule has 0 unspecified atom stereocenters. The molecule has 20 heavy (non-hydrogen) atoms. The average Bonchev–Trinajstić information content (AvgIpc) is 2.41. The number of nitro benzene ring substituents is 1. The van der Waals surface area contributed by atoms with Gasteiger partial charge in [-0.15, -0.1) is 0 Å². The molecule has 1 N–H and O–H groups in total. The molecule has 0 amide bonds. The first-order valence-electron chi connectivity index (χ1n) is 5.74. The van der Waals surface area contributed by atoms with Gasteiger partial charge in [-0.25, -0.2) is 4.98 Å². The summed E-state index contributed by atoms with van der Waals surface area (Å²) in [6.45, 7) is 1.63. The highest BCUT2D eigenvalue weighted by Crippen LogP contribution is 2.36. The molecule has 0 spiro atoms. The number of pyridine rings is 1. The molecule has 1 aromatic carbocycles. The largest absolute Gasteiger partial charge is 0.438 e. The molecular formula is C13H11BrN2O4. The van der Waals surface area contributed by atoms with E-state index in [9.17, 15) is 15.2 Å². The Morgan fingerprint density at radius 2 is 2.20 bits per heavy atom. The number of ether oxygens (including phenoxy) is 1. The molecule has 0 radical (unpaired) electrons. The van der Waals surface area contributed by atoms with Gasteiger partial charge in [-0.1, -0.05) is 6.07 Å². The van der Waals surface area contributed by atoms with E-state index in [0.717, 1.165) is 0 Å². The number of hydrogen-bond acceptors (Lipinski definition) is 5. The fourth-order valence-corrected chi connectivity index (χ4v) is 2.06. The SMILES string of the molecule is C[C@H](O)c1ccnc(Oc2cccc([N+](=O)[O-])c2Br)c1. The van der Waals surface area contributed by atoms with Gasteiger partial charge in [0.15, 0.2) is 5.75 Å². The van der Waals surface area contributed by atoms with Crippen molar-refractivity contribution in [2.75, 3.05) is 0 Å². The second-order valence-electron chi connectivity index (χ2n) is 4.05. The molecule has 0 fully saturated rings. The Kier molecular flexibility index (Phi) is 4.31. The van der Waals surface area contributed by atoms with Crippen LogP contribution >= 0.6 is 15.9 Å². The van der Waals surface area contributed by atoms with Gasteiger partial charge in [0.25, 0.3) is 5.69 Å². The third-order valence-corrected chi connectivity index (χ3v) is 3.39. The van der Waals surface area contributed by atoms with Gasteiger partial charge in [0, 0.05) is 18.3 Å². The molecule has 0 saturated carbocycles. The first-order valence-corrected chi connectivity index (χ1v) is 6.53. The van der Waals surface area contributed by atoms with Crippen molar-refractivity contribution >= 4 is 21.6 Å². The Morgan fingerprint density at radius 3 is 2.85 bits per heavy atom. The van der Waals surface area contributed by atoms with Gasteiger partial charge in [-0.05, 0) is 40.5 Å². The normalized spacial score (nSPS) is 11.9. The minimum atomic E-state index is -0.645. The number of rotatable bonds is 4. The molecule has 0 aliphatic rings. The van der Waals surface area contributed by atoms with Crippen LogP contribution in [0, 0.1) is 10.1 Å². The number of nitro groups is 1. The second-order valence-corrected chi connectivity index (χ2v) is 4.84. The molecule has 104 valence electrons. The smallest absolute Gasteiger partial charge is 0.287 e. The molecule has 2 aromatic rings. The third kappa shape index (κ3) is 3.12. The standard InChI is InChI=1S/C13H11BrN2O4/c1-8(17)9-5-6-15-12(7-9)20-11-4-2-3-10(13(11)14)16(18)19/h2-8,17H,1H3/t8-/m0/s1. The van der Waals surface area contributed by atoms with Crippen LogP contribution in [0.15, 0.2) is 41.0 Å². The summed E-state index contributed by atoms with van der Waals surface area (Å²) in [6.07, 6.45) is 0.858. The molecule has 2 rings (SSSR count). The van der Waals surface area contributed by atoms with Crippen LogP contribution in [-0.4, -0.2) is 15.0 Å². The number of aliphatic hydroxyl groups excluding tert-OH is 1. The van der Waals surface area contributed by atoms with Crippen molar-refractivity contribution in [1.82, 2.24) is 4.98 Å². The van der Waals surface area contributed by atoms with Gasteiger partial charge in [0.05, 0.1) is 11.0 Å². The van der Waals surface area contributed by atoms with Crippen LogP contribution in [0.25, 0.3) is 0 Å². The summed E-state index contributed by atoms with van der Waals surface area (Å²) in [5, 5.41) is 20.3. The lowest BCUT2D eigenvalue weighted by Gasteiger charge is -2.09. The molecule has 0 aliphatic heterocycles. The van der Waals surface area contributed by atoms with Crippen LogP contribution < -0.4 is 4.74 Å². The Bertz CT molecular complexity index is 646. The van der Waals surface area contributed by atoms with Crippen molar-refractivity contribution < 1.29 is 14.8 Å². The predicted molar refractivity (Wildman–Crippen MR) is 75.7 cm³/mol. The van der Waals surface area contributed by atoms with Crippen molar-refractivity contribution in [3.8, 4) is 11.6 Å². The van der Waals surface area contributed by atoms with E-state index in [1.54, 1.807) is 25.1 Å². The molecule has 1 aromatic heterocycles. The zero-order chi connectivity index (χ0) is 14.7. The Morgan fingerprint density at radius 1 is 1.45 bits per heavy atom. The Balaban J connectivity index is 2.33. The Hall–Kier alpha value is -1.99. The number of aliphatic hydroxyl groups is 1. The van der Waals surface area contributed by atoms with Crippen molar-refractivity contribution in [1.29, 1.82) is 0 Å². The van der Waals surface area contributed by atoms with Crippen molar-refractivity contribution in [3.63, 3.8) is 0 Å². The summed E-state index contributed by atoms with van der Waals surface area (Å²) in [5.74, 6) is 0.541. The summed E-state index contributed by atoms with van der Waals surface area (Å²) in [4.78, 5) is 14.3. The van der Waals surface area contributed by atoms with Crippen molar-refractivity contribution in [3.05, 3.63) is 56.7 Å². The fourth-order valence-electron chi connectivity index (χ4n) is 1.57. The van der Waals surface area contributed by atoms with Crippen LogP contribution in [0.4, 0.5) is 5.69 Å². The zero-order valence-electron chi connectivity index (χ0n) is 10.5. The van der Waals surface area contributed by atoms with E-state index in [1.165, 1.54) is 18.3 Å². The number of hydrogen-bond donors (Lipinski definition) is 1. The lowest BCUT2D eigenvalue weighted by atomic mass is 10.2. The van der Waals surface area contributed by atoms with E-state index in [2.05, 4.69) is 20.9 Å². The zero-order valence-corrected chi connectivity index (χ0v) is 12.1. The molecular weight excluding hydrogens is 328 g/mol. The number of aromatic nitrogens is 1. The highest BCUT2D eigenvalue weighted by atomic mass is 79.9. The maximum Gasteiger partial charge on any atom is 0.287 e. The summed E-state index contributed by atoms with van der Waals surface area (Å²) in [7, 11) is 0. The minimum absolute atomic E-state index is 0.0887. The maximum absolute atomic E-state index is 10.8. The van der Waals surface area contributed by atoms with Gasteiger partial charge in [-0.2, -0.15) is 0 Å². The quantitative estimate of drug-likeness (QED) is 0.679. The van der Waals surface area contributed by atoms with Crippen molar-refractivity contribution in [2.45, 2.75) is 13.0 Å². The highest BCUT2D eigenvalue weighted by molar-refractivity contribution is 9.10. The average molecular weight is 339 g/mol. The van der Waals surface area contributed by atoms with Crippen LogP contribution in [-0.2, 0) is 0 Å². The first kappa shape index (κ1) is 14.4. The van der Waals surface area contributed by atoms with Crippen LogP contribution in [0.1, 0.15) is 18.6 Å². The monoisotopic (exact) mass is 338 g/mol. The first-order chi connectivity index (χ1) is 9.49. The number of benzene rings is 1. The molecule has 0 bridgehead atoms. The van der Waals surface area contributed by atoms with Gasteiger partial charge in [0.1, 0.15) is 4.47 Å². The summed E-state index contributed by atoms with van der Waals surface area (Å²) >= 11 is 3.14. The van der Waals surface area contributed by atoms with Gasteiger partial charge < -0.3 is 9.84 Å². The summed E-state index contributed by atoms with van der Waals surface area (Å²) < 4.78 is 5.76. The van der Waals surface area contributed by atoms with Crippen LogP contribution in [0.2, 0.25) is 0 Å². The van der Waals surface area contributed by atoms with E-state index >= 15 is 0 Å². The summed E-state index contributed by atoms with van der Waals surface area (Å²) in [5.41, 5.74) is 0.561. The second kappa shape index (κ2) is 5.98. The van der Waals surface area contributed by atoms with Gasteiger partial charge in [0.2, 0.25) is 5.88 Å². The molecule has 1 heterocycles. The summed E-state index contributed by atoms with van der Waals surface area (Å²) in [6, 6.07) is 7.73. The number of nitrogens with zero attached hydrogens (tertiary/aromatic N) is 2. The Labute approximate surface area is 123 Å². The molecule has 6 nitrogen and oxygen atoms in total. The predicted octanol–water partition coefficient (Wildman–Crippen LogP) is 3.60. The minimum Gasteiger partial charge on any atom is -0.438 e.